The summed E-state index contributed by atoms with van der Waals surface area (Å²) in [5, 5.41) is 5.40. The van der Waals surface area contributed by atoms with E-state index in [9.17, 15) is 9.00 Å². The second kappa shape index (κ2) is 8.84. The number of rotatable bonds is 6. The number of hydrogen-bond acceptors (Lipinski definition) is 3. The molecular formula is C19H17N3O4S. The van der Waals surface area contributed by atoms with Gasteiger partial charge in [0, 0.05) is 17.1 Å². The molecular weight excluding hydrogens is 366 g/mol. The lowest BCUT2D eigenvalue weighted by Crippen LogP contribution is -2.19. The summed E-state index contributed by atoms with van der Waals surface area (Å²) in [7, 11) is 0. The Bertz CT molecular complexity index is 916. The van der Waals surface area contributed by atoms with Crippen molar-refractivity contribution in [3.63, 3.8) is 0 Å². The van der Waals surface area contributed by atoms with E-state index in [0.717, 1.165) is 5.75 Å². The van der Waals surface area contributed by atoms with Gasteiger partial charge < -0.3 is 15.4 Å². The molecule has 1 atom stereocenters. The first-order valence-electron chi connectivity index (χ1n) is 7.97. The third-order valence-corrected chi connectivity index (χ3v) is 3.85. The van der Waals surface area contributed by atoms with E-state index in [0.29, 0.717) is 22.8 Å². The highest BCUT2D eigenvalue weighted by atomic mass is 32.2. The van der Waals surface area contributed by atoms with E-state index >= 15 is 0 Å². The largest absolute Gasteiger partial charge is 0.457 e. The predicted octanol–water partition coefficient (Wildman–Crippen LogP) is 4.67. The Balaban J connectivity index is 1.54. The summed E-state index contributed by atoms with van der Waals surface area (Å²) in [6, 6.07) is 22.4. The van der Waals surface area contributed by atoms with Crippen molar-refractivity contribution in [3.8, 4) is 11.5 Å². The van der Waals surface area contributed by atoms with Crippen molar-refractivity contribution in [2.45, 2.75) is 0 Å². The standard InChI is InChI=1S/C19H17N3O4S/c23-19(20-14-6-8-16(9-7-14)22-27(24)25)21-15-10-12-18(13-11-15)26-17-4-2-1-3-5-17/h1-13,22H,(H,24,25)(H2,20,21,23). The SMILES string of the molecule is O=C(Nc1ccc(NS(=O)O)cc1)Nc1ccc(Oc2ccccc2)cc1. The Hall–Kier alpha value is -3.36. The number of nitrogens with one attached hydrogen (secondary N) is 3. The average Bonchev–Trinajstić information content (AvgIpc) is 2.65. The van der Waals surface area contributed by atoms with Crippen molar-refractivity contribution in [1.29, 1.82) is 0 Å². The minimum atomic E-state index is -2.14. The molecule has 0 bridgehead atoms. The second-order valence-electron chi connectivity index (χ2n) is 5.45. The zero-order chi connectivity index (χ0) is 19.1. The molecule has 3 aromatic carbocycles. The molecule has 0 heterocycles. The lowest BCUT2D eigenvalue weighted by atomic mass is 10.3. The maximum absolute atomic E-state index is 12.1. The van der Waals surface area contributed by atoms with Crippen LogP contribution in [0.2, 0.25) is 0 Å². The summed E-state index contributed by atoms with van der Waals surface area (Å²) in [5.74, 6) is 1.40. The quantitative estimate of drug-likeness (QED) is 0.465. The summed E-state index contributed by atoms with van der Waals surface area (Å²) in [5.41, 5.74) is 1.63. The number of anilines is 3. The van der Waals surface area contributed by atoms with Crippen molar-refractivity contribution < 1.29 is 18.3 Å². The first-order valence-corrected chi connectivity index (χ1v) is 9.08. The molecule has 4 N–H and O–H groups in total. The Morgan fingerprint density at radius 1 is 0.741 bits per heavy atom. The second-order valence-corrected chi connectivity index (χ2v) is 6.15. The first-order chi connectivity index (χ1) is 13.1. The molecule has 3 rings (SSSR count). The smallest absolute Gasteiger partial charge is 0.323 e. The number of hydrogen-bond donors (Lipinski definition) is 4. The number of amides is 2. The lowest BCUT2D eigenvalue weighted by molar-refractivity contribution is 0.262. The molecule has 0 aliphatic carbocycles. The van der Waals surface area contributed by atoms with Gasteiger partial charge >= 0.3 is 6.03 Å². The number of benzene rings is 3. The lowest BCUT2D eigenvalue weighted by Gasteiger charge is -2.10. The Kier molecular flexibility index (Phi) is 6.03. The molecule has 0 fully saturated rings. The van der Waals surface area contributed by atoms with E-state index in [1.807, 2.05) is 30.3 Å². The molecule has 3 aromatic rings. The van der Waals surface area contributed by atoms with Crippen LogP contribution in [0.25, 0.3) is 0 Å². The van der Waals surface area contributed by atoms with E-state index in [2.05, 4.69) is 15.4 Å². The van der Waals surface area contributed by atoms with Crippen LogP contribution < -0.4 is 20.1 Å². The van der Waals surface area contributed by atoms with Crippen molar-refractivity contribution in [2.75, 3.05) is 15.4 Å². The van der Waals surface area contributed by atoms with Crippen LogP contribution in [0.15, 0.2) is 78.9 Å². The Morgan fingerprint density at radius 2 is 1.22 bits per heavy atom. The fourth-order valence-electron chi connectivity index (χ4n) is 2.25. The fraction of sp³-hybridized carbons (Fsp3) is 0. The maximum atomic E-state index is 12.1. The van der Waals surface area contributed by atoms with Gasteiger partial charge in [-0.05, 0) is 60.7 Å². The monoisotopic (exact) mass is 383 g/mol. The molecule has 8 heteroatoms. The number of urea groups is 1. The van der Waals surface area contributed by atoms with E-state index in [-0.39, 0.29) is 0 Å². The number of carbonyl (C=O) groups is 1. The van der Waals surface area contributed by atoms with Gasteiger partial charge in [0.15, 0.2) is 0 Å². The fourth-order valence-corrected chi connectivity index (χ4v) is 2.58. The van der Waals surface area contributed by atoms with Crippen LogP contribution in [0.1, 0.15) is 0 Å². The summed E-state index contributed by atoms with van der Waals surface area (Å²) in [6.07, 6.45) is 0. The van der Waals surface area contributed by atoms with Crippen LogP contribution in [0.3, 0.4) is 0 Å². The van der Waals surface area contributed by atoms with Gasteiger partial charge in [0.1, 0.15) is 11.5 Å². The molecule has 138 valence electrons. The van der Waals surface area contributed by atoms with Crippen molar-refractivity contribution in [1.82, 2.24) is 0 Å². The van der Waals surface area contributed by atoms with E-state index in [1.165, 1.54) is 0 Å². The van der Waals surface area contributed by atoms with Gasteiger partial charge in [-0.2, -0.15) is 0 Å². The average molecular weight is 383 g/mol. The molecule has 0 radical (unpaired) electrons. The van der Waals surface area contributed by atoms with Gasteiger partial charge in [-0.15, -0.1) is 0 Å². The highest BCUT2D eigenvalue weighted by molar-refractivity contribution is 7.80. The molecule has 27 heavy (non-hydrogen) atoms. The van der Waals surface area contributed by atoms with Gasteiger partial charge in [0.05, 0.1) is 0 Å². The summed E-state index contributed by atoms with van der Waals surface area (Å²) in [6.45, 7) is 0. The van der Waals surface area contributed by atoms with E-state index in [1.54, 1.807) is 48.5 Å². The maximum Gasteiger partial charge on any atom is 0.323 e. The van der Waals surface area contributed by atoms with Crippen molar-refractivity contribution in [3.05, 3.63) is 78.9 Å². The summed E-state index contributed by atoms with van der Waals surface area (Å²) < 4.78 is 27.5. The third-order valence-electron chi connectivity index (χ3n) is 3.44. The molecule has 0 spiro atoms. The molecule has 0 aromatic heterocycles. The molecule has 7 nitrogen and oxygen atoms in total. The molecule has 0 saturated carbocycles. The highest BCUT2D eigenvalue weighted by Gasteiger charge is 2.04. The van der Waals surface area contributed by atoms with Crippen LogP contribution in [-0.4, -0.2) is 14.8 Å². The Labute approximate surface area is 158 Å². The summed E-state index contributed by atoms with van der Waals surface area (Å²) >= 11 is -2.14. The van der Waals surface area contributed by atoms with Crippen LogP contribution in [0.4, 0.5) is 21.9 Å². The zero-order valence-corrected chi connectivity index (χ0v) is 14.9. The zero-order valence-electron chi connectivity index (χ0n) is 14.1. The normalized spacial score (nSPS) is 11.3. The van der Waals surface area contributed by atoms with Crippen LogP contribution >= 0.6 is 0 Å². The number of para-hydroxylation sites is 1. The van der Waals surface area contributed by atoms with Gasteiger partial charge in [0.25, 0.3) is 11.3 Å². The van der Waals surface area contributed by atoms with Gasteiger partial charge in [-0.25, -0.2) is 9.00 Å². The van der Waals surface area contributed by atoms with Crippen LogP contribution in [0.5, 0.6) is 11.5 Å². The van der Waals surface area contributed by atoms with Gasteiger partial charge in [0.2, 0.25) is 0 Å². The van der Waals surface area contributed by atoms with E-state index in [4.69, 9.17) is 9.29 Å². The molecule has 0 aliphatic heterocycles. The topological polar surface area (TPSA) is 99.7 Å². The van der Waals surface area contributed by atoms with Gasteiger partial charge in [-0.3, -0.25) is 9.27 Å². The van der Waals surface area contributed by atoms with Crippen molar-refractivity contribution in [2.24, 2.45) is 0 Å². The van der Waals surface area contributed by atoms with E-state index < -0.39 is 17.3 Å². The molecule has 0 aliphatic rings. The molecule has 2 amide bonds. The van der Waals surface area contributed by atoms with Crippen LogP contribution in [0, 0.1) is 0 Å². The minimum Gasteiger partial charge on any atom is -0.457 e. The first kappa shape index (κ1) is 18.4. The minimum absolute atomic E-state index is 0.404. The van der Waals surface area contributed by atoms with Crippen LogP contribution in [-0.2, 0) is 11.3 Å². The molecule has 1 unspecified atom stereocenters. The van der Waals surface area contributed by atoms with Gasteiger partial charge in [-0.1, -0.05) is 18.2 Å². The molecule has 0 saturated heterocycles. The highest BCUT2D eigenvalue weighted by Crippen LogP contribution is 2.22. The Morgan fingerprint density at radius 3 is 1.78 bits per heavy atom. The number of ether oxygens (including phenoxy) is 1. The number of carbonyl (C=O) groups excluding carboxylic acids is 1. The predicted molar refractivity (Wildman–Crippen MR) is 106 cm³/mol. The van der Waals surface area contributed by atoms with Crippen molar-refractivity contribution >= 4 is 34.4 Å². The summed E-state index contributed by atoms with van der Waals surface area (Å²) in [4.78, 5) is 12.1. The third kappa shape index (κ3) is 5.84.